The van der Waals surface area contributed by atoms with Crippen LogP contribution < -0.4 is 4.90 Å². The number of carbonyl (C=O) groups excluding carboxylic acids is 1. The highest BCUT2D eigenvalue weighted by molar-refractivity contribution is 5.97. The molecule has 1 heterocycles. The van der Waals surface area contributed by atoms with Crippen molar-refractivity contribution < 1.29 is 14.7 Å². The topological polar surface area (TPSA) is 60.9 Å². The van der Waals surface area contributed by atoms with E-state index in [9.17, 15) is 9.59 Å². The molecule has 114 valence electrons. The zero-order valence-electron chi connectivity index (χ0n) is 12.8. The molecule has 0 aromatic heterocycles. The van der Waals surface area contributed by atoms with Gasteiger partial charge in [0.1, 0.15) is 0 Å². The quantitative estimate of drug-likeness (QED) is 0.918. The van der Waals surface area contributed by atoms with Crippen LogP contribution in [0, 0.1) is 0 Å². The first-order valence-corrected chi connectivity index (χ1v) is 7.14. The van der Waals surface area contributed by atoms with Gasteiger partial charge in [-0.05, 0) is 38.8 Å². The van der Waals surface area contributed by atoms with Gasteiger partial charge in [-0.1, -0.05) is 18.2 Å². The van der Waals surface area contributed by atoms with E-state index in [1.54, 1.807) is 9.80 Å². The summed E-state index contributed by atoms with van der Waals surface area (Å²) in [5.74, 6) is -0.962. The summed E-state index contributed by atoms with van der Waals surface area (Å²) in [7, 11) is 0. The van der Waals surface area contributed by atoms with Crippen LogP contribution in [0.4, 0.5) is 5.69 Å². The van der Waals surface area contributed by atoms with Gasteiger partial charge >= 0.3 is 5.97 Å². The highest BCUT2D eigenvalue weighted by Crippen LogP contribution is 2.27. The molecular formula is C16H22N2O3. The number of carboxylic acids is 1. The van der Waals surface area contributed by atoms with Gasteiger partial charge in [0.2, 0.25) is 5.91 Å². The Morgan fingerprint density at radius 3 is 2.52 bits per heavy atom. The number of hydrogen-bond donors (Lipinski definition) is 1. The van der Waals surface area contributed by atoms with Gasteiger partial charge in [-0.25, -0.2) is 0 Å². The van der Waals surface area contributed by atoms with E-state index in [2.05, 4.69) is 0 Å². The molecule has 0 unspecified atom stereocenters. The fourth-order valence-corrected chi connectivity index (χ4v) is 2.54. The molecule has 0 aliphatic carbocycles. The molecule has 5 nitrogen and oxygen atoms in total. The molecule has 0 spiro atoms. The molecule has 0 bridgehead atoms. The van der Waals surface area contributed by atoms with E-state index in [0.29, 0.717) is 6.54 Å². The van der Waals surface area contributed by atoms with Crippen LogP contribution in [0.5, 0.6) is 0 Å². The van der Waals surface area contributed by atoms with Crippen molar-refractivity contribution in [1.82, 2.24) is 4.90 Å². The highest BCUT2D eigenvalue weighted by Gasteiger charge is 2.30. The number of amides is 1. The number of anilines is 1. The van der Waals surface area contributed by atoms with Gasteiger partial charge in [0.25, 0.3) is 0 Å². The third kappa shape index (κ3) is 3.61. The van der Waals surface area contributed by atoms with Gasteiger partial charge < -0.3 is 10.0 Å². The number of carboxylic acid groups (broad SMARTS) is 1. The molecule has 1 aromatic carbocycles. The average Bonchev–Trinajstić information content (AvgIpc) is 2.80. The second-order valence-corrected chi connectivity index (χ2v) is 6.34. The largest absolute Gasteiger partial charge is 0.480 e. The Hall–Kier alpha value is -1.88. The van der Waals surface area contributed by atoms with E-state index in [-0.39, 0.29) is 24.5 Å². The first-order valence-electron chi connectivity index (χ1n) is 7.14. The Labute approximate surface area is 125 Å². The summed E-state index contributed by atoms with van der Waals surface area (Å²) in [6.45, 7) is 6.40. The highest BCUT2D eigenvalue weighted by atomic mass is 16.4. The number of aliphatic carboxylic acids is 1. The lowest BCUT2D eigenvalue weighted by atomic mass is 10.1. The van der Waals surface area contributed by atoms with Crippen molar-refractivity contribution in [1.29, 1.82) is 0 Å². The maximum atomic E-state index is 12.5. The zero-order valence-corrected chi connectivity index (χ0v) is 12.8. The van der Waals surface area contributed by atoms with Gasteiger partial charge in [0.15, 0.2) is 0 Å². The molecule has 1 amide bonds. The summed E-state index contributed by atoms with van der Waals surface area (Å²) >= 11 is 0. The molecule has 0 saturated carbocycles. The van der Waals surface area contributed by atoms with E-state index >= 15 is 0 Å². The third-order valence-electron chi connectivity index (χ3n) is 3.79. The van der Waals surface area contributed by atoms with Crippen LogP contribution in [-0.4, -0.2) is 47.1 Å². The van der Waals surface area contributed by atoms with Crippen LogP contribution in [0.1, 0.15) is 26.3 Å². The predicted molar refractivity (Wildman–Crippen MR) is 81.5 cm³/mol. The van der Waals surface area contributed by atoms with Crippen molar-refractivity contribution in [2.24, 2.45) is 0 Å². The average molecular weight is 290 g/mol. The van der Waals surface area contributed by atoms with Crippen LogP contribution in [0.2, 0.25) is 0 Å². The summed E-state index contributed by atoms with van der Waals surface area (Å²) in [4.78, 5) is 27.0. The van der Waals surface area contributed by atoms with Gasteiger partial charge in [-0.2, -0.15) is 0 Å². The monoisotopic (exact) mass is 290 g/mol. The second kappa shape index (κ2) is 5.85. The first-order chi connectivity index (χ1) is 9.79. The maximum Gasteiger partial charge on any atom is 0.317 e. The van der Waals surface area contributed by atoms with E-state index < -0.39 is 5.97 Å². The summed E-state index contributed by atoms with van der Waals surface area (Å²) in [6.07, 6.45) is 0.858. The molecule has 1 aliphatic rings. The lowest BCUT2D eigenvalue weighted by Crippen LogP contribution is -2.50. The molecular weight excluding hydrogens is 268 g/mol. The summed E-state index contributed by atoms with van der Waals surface area (Å²) in [6, 6.07) is 7.86. The first kappa shape index (κ1) is 15.5. The zero-order chi connectivity index (χ0) is 15.6. The molecule has 0 fully saturated rings. The van der Waals surface area contributed by atoms with Crippen molar-refractivity contribution >= 4 is 17.6 Å². The number of carbonyl (C=O) groups is 2. The Balaban J connectivity index is 2.12. The molecule has 0 radical (unpaired) electrons. The number of rotatable bonds is 4. The fourth-order valence-electron chi connectivity index (χ4n) is 2.54. The lowest BCUT2D eigenvalue weighted by molar-refractivity contribution is -0.140. The predicted octanol–water partition coefficient (Wildman–Crippen LogP) is 1.76. The van der Waals surface area contributed by atoms with E-state index in [1.165, 1.54) is 5.56 Å². The number of nitrogens with zero attached hydrogens (tertiary/aromatic N) is 2. The Bertz CT molecular complexity index is 549. The fraction of sp³-hybridized carbons (Fsp3) is 0.500. The number of para-hydroxylation sites is 1. The summed E-state index contributed by atoms with van der Waals surface area (Å²) in [5.41, 5.74) is 1.76. The molecule has 5 heteroatoms. The van der Waals surface area contributed by atoms with Crippen molar-refractivity contribution in [2.45, 2.75) is 32.7 Å². The van der Waals surface area contributed by atoms with Crippen molar-refractivity contribution in [3.63, 3.8) is 0 Å². The van der Waals surface area contributed by atoms with E-state index in [0.717, 1.165) is 12.1 Å². The van der Waals surface area contributed by atoms with Crippen LogP contribution in [0.3, 0.4) is 0 Å². The van der Waals surface area contributed by atoms with Crippen molar-refractivity contribution in [3.8, 4) is 0 Å². The van der Waals surface area contributed by atoms with Crippen molar-refractivity contribution in [3.05, 3.63) is 29.8 Å². The van der Waals surface area contributed by atoms with Gasteiger partial charge in [-0.3, -0.25) is 14.5 Å². The minimum atomic E-state index is -0.917. The number of hydrogen-bond acceptors (Lipinski definition) is 3. The Morgan fingerprint density at radius 1 is 1.24 bits per heavy atom. The molecule has 2 rings (SSSR count). The van der Waals surface area contributed by atoms with E-state index in [4.69, 9.17) is 5.11 Å². The second-order valence-electron chi connectivity index (χ2n) is 6.34. The van der Waals surface area contributed by atoms with Gasteiger partial charge in [0.05, 0.1) is 13.1 Å². The number of fused-ring (bicyclic) bond motifs is 1. The van der Waals surface area contributed by atoms with Crippen LogP contribution in [0.15, 0.2) is 24.3 Å². The minimum absolute atomic E-state index is 0.0453. The minimum Gasteiger partial charge on any atom is -0.480 e. The molecule has 1 N–H and O–H groups in total. The third-order valence-corrected chi connectivity index (χ3v) is 3.79. The number of benzene rings is 1. The lowest BCUT2D eigenvalue weighted by Gasteiger charge is -2.34. The van der Waals surface area contributed by atoms with Crippen LogP contribution in [0.25, 0.3) is 0 Å². The molecule has 1 aliphatic heterocycles. The molecule has 1 aromatic rings. The van der Waals surface area contributed by atoms with Crippen LogP contribution in [-0.2, 0) is 16.0 Å². The molecule has 0 saturated heterocycles. The molecule has 0 atom stereocenters. The van der Waals surface area contributed by atoms with Gasteiger partial charge in [0, 0.05) is 17.8 Å². The smallest absolute Gasteiger partial charge is 0.317 e. The Morgan fingerprint density at radius 2 is 1.90 bits per heavy atom. The normalized spacial score (nSPS) is 14.4. The summed E-state index contributed by atoms with van der Waals surface area (Å²) in [5, 5.41) is 9.02. The van der Waals surface area contributed by atoms with Gasteiger partial charge in [-0.15, -0.1) is 0 Å². The van der Waals surface area contributed by atoms with Crippen molar-refractivity contribution in [2.75, 3.05) is 24.5 Å². The van der Waals surface area contributed by atoms with Crippen LogP contribution >= 0.6 is 0 Å². The van der Waals surface area contributed by atoms with E-state index in [1.807, 2.05) is 45.0 Å². The standard InChI is InChI=1S/C16H22N2O3/c1-16(2,3)17(11-15(20)21)10-14(19)18-9-8-12-6-4-5-7-13(12)18/h4-7H,8-11H2,1-3H3,(H,20,21). The Kier molecular flexibility index (Phi) is 4.32. The molecule has 21 heavy (non-hydrogen) atoms. The SMILES string of the molecule is CC(C)(C)N(CC(=O)O)CC(=O)N1CCc2ccccc21. The maximum absolute atomic E-state index is 12.5. The summed E-state index contributed by atoms with van der Waals surface area (Å²) < 4.78 is 0.